The van der Waals surface area contributed by atoms with Crippen molar-refractivity contribution in [2.24, 2.45) is 4.99 Å². The Morgan fingerprint density at radius 3 is 2.87 bits per heavy atom. The van der Waals surface area contributed by atoms with Gasteiger partial charge in [0.2, 0.25) is 0 Å². The highest BCUT2D eigenvalue weighted by Crippen LogP contribution is 2.24. The van der Waals surface area contributed by atoms with Gasteiger partial charge in [-0.05, 0) is 32.4 Å². The molecule has 1 unspecified atom stereocenters. The van der Waals surface area contributed by atoms with Crippen molar-refractivity contribution in [3.8, 4) is 5.75 Å². The molecule has 1 fully saturated rings. The largest absolute Gasteiger partial charge is 0.487 e. The number of ether oxygens (including phenoxy) is 1. The summed E-state index contributed by atoms with van der Waals surface area (Å²) in [7, 11) is 0. The fraction of sp³-hybridized carbons (Fsp3) is 0.562. The number of aliphatic imine (C=N–C) groups is 1. The van der Waals surface area contributed by atoms with Crippen molar-refractivity contribution in [3.05, 3.63) is 29.3 Å². The van der Waals surface area contributed by atoms with Crippen LogP contribution in [0.25, 0.3) is 0 Å². The van der Waals surface area contributed by atoms with Gasteiger partial charge in [-0.3, -0.25) is 0 Å². The number of halogens is 2. The number of β-amino-alcohol motifs (C(OH)–C–C–N with tert-alkyl or cyclic N) is 1. The second-order valence-electron chi connectivity index (χ2n) is 5.44. The molecular formula is C16H25ClIN3O2. The Morgan fingerprint density at radius 2 is 2.26 bits per heavy atom. The maximum atomic E-state index is 9.66. The average molecular weight is 454 g/mol. The van der Waals surface area contributed by atoms with Gasteiger partial charge in [-0.2, -0.15) is 0 Å². The van der Waals surface area contributed by atoms with Crippen LogP contribution in [-0.4, -0.2) is 54.4 Å². The lowest BCUT2D eigenvalue weighted by Gasteiger charge is -2.22. The Hall–Kier alpha value is -0.730. The van der Waals surface area contributed by atoms with Crippen molar-refractivity contribution in [3.63, 3.8) is 0 Å². The number of para-hydroxylation sites is 1. The number of likely N-dealkylation sites (tertiary alicyclic amines) is 1. The van der Waals surface area contributed by atoms with Crippen LogP contribution in [0.3, 0.4) is 0 Å². The second kappa shape index (κ2) is 10.2. The quantitative estimate of drug-likeness (QED) is 0.409. The molecule has 1 aromatic carbocycles. The molecule has 2 N–H and O–H groups in total. The van der Waals surface area contributed by atoms with Crippen molar-refractivity contribution in [1.29, 1.82) is 0 Å². The van der Waals surface area contributed by atoms with Crippen LogP contribution in [0.2, 0.25) is 5.02 Å². The Balaban J connectivity index is 0.00000264. The standard InChI is InChI=1S/C16H24ClN3O2.HI/c1-3-18-16(20-9-8-13(21)11-20)19-10-12(2)22-15-7-5-4-6-14(15)17;/h4-7,12-13,21H,3,8-11H2,1-2H3,(H,18,19);1H/t12?,13-;/m1./s1. The predicted octanol–water partition coefficient (Wildman–Crippen LogP) is 2.76. The van der Waals surface area contributed by atoms with E-state index in [1.165, 1.54) is 0 Å². The van der Waals surface area contributed by atoms with Crippen LogP contribution in [0.15, 0.2) is 29.3 Å². The van der Waals surface area contributed by atoms with Crippen molar-refractivity contribution < 1.29 is 9.84 Å². The zero-order valence-corrected chi connectivity index (χ0v) is 16.6. The lowest BCUT2D eigenvalue weighted by Crippen LogP contribution is -2.41. The van der Waals surface area contributed by atoms with Crippen LogP contribution in [0, 0.1) is 0 Å². The minimum atomic E-state index is -0.263. The van der Waals surface area contributed by atoms with Gasteiger partial charge in [0.05, 0.1) is 17.7 Å². The molecule has 1 heterocycles. The molecule has 0 aliphatic carbocycles. The summed E-state index contributed by atoms with van der Waals surface area (Å²) >= 11 is 6.09. The van der Waals surface area contributed by atoms with E-state index in [2.05, 4.69) is 15.2 Å². The van der Waals surface area contributed by atoms with Crippen LogP contribution in [0.1, 0.15) is 20.3 Å². The first kappa shape index (κ1) is 20.3. The zero-order valence-electron chi connectivity index (χ0n) is 13.5. The lowest BCUT2D eigenvalue weighted by molar-refractivity contribution is 0.187. The van der Waals surface area contributed by atoms with Crippen LogP contribution in [0.4, 0.5) is 0 Å². The summed E-state index contributed by atoms with van der Waals surface area (Å²) in [6.07, 6.45) is 0.442. The molecule has 0 spiro atoms. The summed E-state index contributed by atoms with van der Waals surface area (Å²) in [4.78, 5) is 6.69. The second-order valence-corrected chi connectivity index (χ2v) is 5.85. The van der Waals surface area contributed by atoms with Crippen molar-refractivity contribution in [1.82, 2.24) is 10.2 Å². The van der Waals surface area contributed by atoms with Crippen LogP contribution < -0.4 is 10.1 Å². The summed E-state index contributed by atoms with van der Waals surface area (Å²) in [5, 5.41) is 13.5. The molecular weight excluding hydrogens is 429 g/mol. The number of benzene rings is 1. The number of hydrogen-bond donors (Lipinski definition) is 2. The van der Waals surface area contributed by atoms with Gasteiger partial charge >= 0.3 is 0 Å². The Labute approximate surface area is 160 Å². The minimum absolute atomic E-state index is 0. The SMILES string of the molecule is CCNC(=NCC(C)Oc1ccccc1Cl)N1CC[C@@H](O)C1.I. The van der Waals surface area contributed by atoms with E-state index >= 15 is 0 Å². The molecule has 5 nitrogen and oxygen atoms in total. The molecule has 1 aromatic rings. The van der Waals surface area contributed by atoms with E-state index in [1.807, 2.05) is 38.1 Å². The number of guanidine groups is 1. The van der Waals surface area contributed by atoms with Crippen molar-refractivity contribution >= 4 is 41.5 Å². The van der Waals surface area contributed by atoms with E-state index in [-0.39, 0.29) is 36.2 Å². The third-order valence-electron chi connectivity index (χ3n) is 3.46. The fourth-order valence-electron chi connectivity index (χ4n) is 2.37. The first-order valence-electron chi connectivity index (χ1n) is 7.72. The van der Waals surface area contributed by atoms with Crippen molar-refractivity contribution in [2.75, 3.05) is 26.2 Å². The molecule has 0 amide bonds. The predicted molar refractivity (Wildman–Crippen MR) is 105 cm³/mol. The van der Waals surface area contributed by atoms with Crippen LogP contribution >= 0.6 is 35.6 Å². The highest BCUT2D eigenvalue weighted by atomic mass is 127. The van der Waals surface area contributed by atoms with E-state index in [4.69, 9.17) is 16.3 Å². The van der Waals surface area contributed by atoms with Gasteiger partial charge in [-0.25, -0.2) is 4.99 Å². The number of aliphatic hydroxyl groups is 1. The maximum Gasteiger partial charge on any atom is 0.194 e. The van der Waals surface area contributed by atoms with E-state index in [0.717, 1.165) is 25.5 Å². The third-order valence-corrected chi connectivity index (χ3v) is 3.77. The molecule has 1 saturated heterocycles. The molecule has 1 aliphatic rings. The van der Waals surface area contributed by atoms with E-state index in [0.29, 0.717) is 23.9 Å². The Bertz CT molecular complexity index is 516. The summed E-state index contributed by atoms with van der Waals surface area (Å²) in [6, 6.07) is 7.43. The molecule has 0 saturated carbocycles. The molecule has 23 heavy (non-hydrogen) atoms. The minimum Gasteiger partial charge on any atom is -0.487 e. The molecule has 7 heteroatoms. The topological polar surface area (TPSA) is 57.1 Å². The van der Waals surface area contributed by atoms with Gasteiger partial charge in [0.1, 0.15) is 11.9 Å². The van der Waals surface area contributed by atoms with E-state index in [9.17, 15) is 5.11 Å². The summed E-state index contributed by atoms with van der Waals surface area (Å²) in [6.45, 7) is 6.78. The van der Waals surface area contributed by atoms with Gasteiger partial charge < -0.3 is 20.1 Å². The lowest BCUT2D eigenvalue weighted by atomic mass is 10.3. The number of rotatable bonds is 5. The first-order chi connectivity index (χ1) is 10.6. The van der Waals surface area contributed by atoms with Gasteiger partial charge in [0, 0.05) is 19.6 Å². The molecule has 2 rings (SSSR count). The molecule has 0 bridgehead atoms. The van der Waals surface area contributed by atoms with Crippen LogP contribution in [0.5, 0.6) is 5.75 Å². The smallest absolute Gasteiger partial charge is 0.194 e. The fourth-order valence-corrected chi connectivity index (χ4v) is 2.55. The van der Waals surface area contributed by atoms with Crippen molar-refractivity contribution in [2.45, 2.75) is 32.5 Å². The Kier molecular flexibility index (Phi) is 9.01. The summed E-state index contributed by atoms with van der Waals surface area (Å²) in [5.74, 6) is 1.50. The summed E-state index contributed by atoms with van der Waals surface area (Å²) in [5.41, 5.74) is 0. The number of nitrogens with one attached hydrogen (secondary N) is 1. The molecule has 130 valence electrons. The van der Waals surface area contributed by atoms with E-state index < -0.39 is 0 Å². The first-order valence-corrected chi connectivity index (χ1v) is 8.10. The third kappa shape index (κ3) is 6.35. The molecule has 0 aromatic heterocycles. The zero-order chi connectivity index (χ0) is 15.9. The monoisotopic (exact) mass is 453 g/mol. The highest BCUT2D eigenvalue weighted by Gasteiger charge is 2.23. The maximum absolute atomic E-state index is 9.66. The Morgan fingerprint density at radius 1 is 1.52 bits per heavy atom. The van der Waals surface area contributed by atoms with Gasteiger partial charge in [-0.15, -0.1) is 24.0 Å². The number of hydrogen-bond acceptors (Lipinski definition) is 3. The van der Waals surface area contributed by atoms with Gasteiger partial charge in [0.15, 0.2) is 5.96 Å². The van der Waals surface area contributed by atoms with Crippen LogP contribution in [-0.2, 0) is 0 Å². The normalized spacial score (nSPS) is 19.2. The summed E-state index contributed by atoms with van der Waals surface area (Å²) < 4.78 is 5.82. The average Bonchev–Trinajstić information content (AvgIpc) is 2.92. The molecule has 1 aliphatic heterocycles. The number of nitrogens with zero attached hydrogens (tertiary/aromatic N) is 2. The molecule has 2 atom stereocenters. The van der Waals surface area contributed by atoms with Gasteiger partial charge in [0.25, 0.3) is 0 Å². The highest BCUT2D eigenvalue weighted by molar-refractivity contribution is 14.0. The van der Waals surface area contributed by atoms with E-state index in [1.54, 1.807) is 0 Å². The molecule has 0 radical (unpaired) electrons. The number of aliphatic hydroxyl groups excluding tert-OH is 1. The van der Waals surface area contributed by atoms with Gasteiger partial charge in [-0.1, -0.05) is 23.7 Å².